The summed E-state index contributed by atoms with van der Waals surface area (Å²) in [6.07, 6.45) is 4.16. The number of hydrogen-bond donors (Lipinski definition) is 4. The van der Waals surface area contributed by atoms with Crippen molar-refractivity contribution in [2.45, 2.75) is 52.2 Å². The predicted octanol–water partition coefficient (Wildman–Crippen LogP) is 3.01. The fraction of sp³-hybridized carbons (Fsp3) is 0.364. The zero-order valence-electron chi connectivity index (χ0n) is 17.1. The molecule has 0 aliphatic carbocycles. The molecule has 152 valence electrons. The van der Waals surface area contributed by atoms with Gasteiger partial charge in [0.15, 0.2) is 5.82 Å². The van der Waals surface area contributed by atoms with E-state index in [1.807, 2.05) is 0 Å². The second-order valence-corrected chi connectivity index (χ2v) is 7.31. The molecular formula is C22H29N7. The molecule has 1 aliphatic heterocycles. The Balaban J connectivity index is 1.53. The Morgan fingerprint density at radius 1 is 0.966 bits per heavy atom. The summed E-state index contributed by atoms with van der Waals surface area (Å²) in [6, 6.07) is 17.2. The maximum Gasteiger partial charge on any atom is 0.150 e. The number of aromatic nitrogens is 3. The van der Waals surface area contributed by atoms with Crippen molar-refractivity contribution in [2.75, 3.05) is 0 Å². The van der Waals surface area contributed by atoms with Crippen LogP contribution in [0.25, 0.3) is 11.1 Å². The lowest BCUT2D eigenvalue weighted by molar-refractivity contribution is 0.556. The Hall–Kier alpha value is -2.58. The van der Waals surface area contributed by atoms with Gasteiger partial charge in [-0.15, -0.1) is 0 Å². The van der Waals surface area contributed by atoms with Gasteiger partial charge in [-0.25, -0.2) is 20.5 Å². The summed E-state index contributed by atoms with van der Waals surface area (Å²) in [4.78, 5) is 4.71. The lowest BCUT2D eigenvalue weighted by Gasteiger charge is -2.15. The smallest absolute Gasteiger partial charge is 0.150 e. The van der Waals surface area contributed by atoms with Crippen LogP contribution < -0.4 is 21.9 Å². The highest BCUT2D eigenvalue weighted by molar-refractivity contribution is 5.68. The summed E-state index contributed by atoms with van der Waals surface area (Å²) in [5.41, 5.74) is 16.9. The maximum atomic E-state index is 4.74. The number of nitrogens with zero attached hydrogens (tertiary/aromatic N) is 3. The SMILES string of the molecule is CCCCc1nc(CC)n(Cc2ccc(-c3ccccc3C3NNNN3)cc2)n1. The van der Waals surface area contributed by atoms with Gasteiger partial charge in [-0.2, -0.15) is 16.2 Å². The lowest BCUT2D eigenvalue weighted by atomic mass is 9.97. The van der Waals surface area contributed by atoms with E-state index >= 15 is 0 Å². The molecule has 0 saturated carbocycles. The summed E-state index contributed by atoms with van der Waals surface area (Å²) < 4.78 is 2.05. The Morgan fingerprint density at radius 2 is 1.72 bits per heavy atom. The van der Waals surface area contributed by atoms with E-state index in [4.69, 9.17) is 10.1 Å². The molecular weight excluding hydrogens is 362 g/mol. The fourth-order valence-electron chi connectivity index (χ4n) is 3.64. The van der Waals surface area contributed by atoms with Gasteiger partial charge in [0.1, 0.15) is 12.0 Å². The standard InChI is InChI=1S/C22H29N7/c1-3-5-10-20-23-21(4-2)29(26-20)15-16-11-13-17(14-12-16)18-8-6-7-9-19(18)22-24-27-28-25-22/h6-9,11-14,22,24-25,27-28H,3-5,10,15H2,1-2H3. The second kappa shape index (κ2) is 9.28. The third-order valence-electron chi connectivity index (χ3n) is 5.23. The molecule has 1 aliphatic rings. The zero-order chi connectivity index (χ0) is 20.1. The van der Waals surface area contributed by atoms with Gasteiger partial charge >= 0.3 is 0 Å². The van der Waals surface area contributed by atoms with Crippen LogP contribution >= 0.6 is 0 Å². The van der Waals surface area contributed by atoms with Crippen molar-refractivity contribution >= 4 is 0 Å². The molecule has 3 aromatic rings. The van der Waals surface area contributed by atoms with E-state index in [1.54, 1.807) is 0 Å². The van der Waals surface area contributed by atoms with E-state index in [-0.39, 0.29) is 6.17 Å². The van der Waals surface area contributed by atoms with Crippen LogP contribution in [0.3, 0.4) is 0 Å². The van der Waals surface area contributed by atoms with Gasteiger partial charge in [0, 0.05) is 12.8 Å². The van der Waals surface area contributed by atoms with Crippen molar-refractivity contribution in [3.8, 4) is 11.1 Å². The molecule has 0 spiro atoms. The number of rotatable bonds is 8. The molecule has 4 rings (SSSR count). The Labute approximate surface area is 171 Å². The molecule has 1 fully saturated rings. The van der Waals surface area contributed by atoms with Crippen molar-refractivity contribution in [1.82, 2.24) is 36.7 Å². The molecule has 2 aromatic carbocycles. The molecule has 2 heterocycles. The lowest BCUT2D eigenvalue weighted by Crippen LogP contribution is -2.33. The van der Waals surface area contributed by atoms with Crippen LogP contribution in [-0.2, 0) is 19.4 Å². The van der Waals surface area contributed by atoms with E-state index in [0.29, 0.717) is 0 Å². The molecule has 0 atom stereocenters. The average Bonchev–Trinajstić information content (AvgIpc) is 3.43. The third-order valence-corrected chi connectivity index (χ3v) is 5.23. The number of hydrogen-bond acceptors (Lipinski definition) is 6. The largest absolute Gasteiger partial charge is 0.245 e. The van der Waals surface area contributed by atoms with Crippen molar-refractivity contribution in [1.29, 1.82) is 0 Å². The van der Waals surface area contributed by atoms with Crippen LogP contribution in [-0.4, -0.2) is 14.8 Å². The average molecular weight is 392 g/mol. The number of benzene rings is 2. The van der Waals surface area contributed by atoms with Crippen molar-refractivity contribution in [2.24, 2.45) is 0 Å². The van der Waals surface area contributed by atoms with Crippen LogP contribution in [0.1, 0.15) is 55.6 Å². The molecule has 29 heavy (non-hydrogen) atoms. The van der Waals surface area contributed by atoms with E-state index in [9.17, 15) is 0 Å². The van der Waals surface area contributed by atoms with Gasteiger partial charge in [-0.3, -0.25) is 0 Å². The van der Waals surface area contributed by atoms with Gasteiger partial charge in [0.05, 0.1) is 6.54 Å². The minimum absolute atomic E-state index is 0.00896. The topological polar surface area (TPSA) is 78.8 Å². The summed E-state index contributed by atoms with van der Waals surface area (Å²) in [6.45, 7) is 5.09. The maximum absolute atomic E-state index is 4.74. The first-order valence-electron chi connectivity index (χ1n) is 10.4. The van der Waals surface area contributed by atoms with Crippen LogP contribution in [0.2, 0.25) is 0 Å². The summed E-state index contributed by atoms with van der Waals surface area (Å²) in [5, 5.41) is 4.74. The molecule has 4 N–H and O–H groups in total. The molecule has 0 bridgehead atoms. The highest BCUT2D eigenvalue weighted by atomic mass is 15.8. The number of hydrazine groups is 3. The molecule has 0 unspecified atom stereocenters. The van der Waals surface area contributed by atoms with Crippen molar-refractivity contribution in [3.05, 3.63) is 71.3 Å². The normalized spacial score (nSPS) is 14.6. The van der Waals surface area contributed by atoms with Crippen molar-refractivity contribution in [3.63, 3.8) is 0 Å². The molecule has 7 nitrogen and oxygen atoms in total. The second-order valence-electron chi connectivity index (χ2n) is 7.31. The van der Waals surface area contributed by atoms with E-state index < -0.39 is 0 Å². The van der Waals surface area contributed by atoms with E-state index in [0.717, 1.165) is 43.9 Å². The number of nitrogens with one attached hydrogen (secondary N) is 4. The van der Waals surface area contributed by atoms with E-state index in [1.165, 1.54) is 22.3 Å². The quantitative estimate of drug-likeness (QED) is 0.473. The molecule has 1 aromatic heterocycles. The zero-order valence-corrected chi connectivity index (χ0v) is 17.1. The molecule has 0 radical (unpaired) electrons. The molecule has 7 heteroatoms. The summed E-state index contributed by atoms with van der Waals surface area (Å²) in [7, 11) is 0. The highest BCUT2D eigenvalue weighted by Gasteiger charge is 2.18. The summed E-state index contributed by atoms with van der Waals surface area (Å²) in [5.74, 6) is 2.02. The number of aryl methyl sites for hydroxylation is 2. The van der Waals surface area contributed by atoms with Gasteiger partial charge in [-0.05, 0) is 28.7 Å². The van der Waals surface area contributed by atoms with Crippen LogP contribution in [0.5, 0.6) is 0 Å². The first-order chi connectivity index (χ1) is 14.3. The Kier molecular flexibility index (Phi) is 6.31. The van der Waals surface area contributed by atoms with Gasteiger partial charge < -0.3 is 0 Å². The van der Waals surface area contributed by atoms with Gasteiger partial charge in [-0.1, -0.05) is 68.8 Å². The summed E-state index contributed by atoms with van der Waals surface area (Å²) >= 11 is 0. The van der Waals surface area contributed by atoms with Crippen LogP contribution in [0.4, 0.5) is 0 Å². The Morgan fingerprint density at radius 3 is 2.45 bits per heavy atom. The first-order valence-corrected chi connectivity index (χ1v) is 10.4. The predicted molar refractivity (Wildman–Crippen MR) is 114 cm³/mol. The Bertz CT molecular complexity index is 927. The van der Waals surface area contributed by atoms with E-state index in [2.05, 4.69) is 89.0 Å². The van der Waals surface area contributed by atoms with Crippen LogP contribution in [0, 0.1) is 0 Å². The minimum Gasteiger partial charge on any atom is -0.245 e. The number of unbranched alkanes of at least 4 members (excludes halogenated alkanes) is 1. The van der Waals surface area contributed by atoms with Crippen molar-refractivity contribution < 1.29 is 0 Å². The minimum atomic E-state index is 0.00896. The molecule has 1 saturated heterocycles. The first kappa shape index (κ1) is 19.7. The van der Waals surface area contributed by atoms with Crippen LogP contribution in [0.15, 0.2) is 48.5 Å². The van der Waals surface area contributed by atoms with Gasteiger partial charge in [0.2, 0.25) is 0 Å². The molecule has 0 amide bonds. The monoisotopic (exact) mass is 391 g/mol. The fourth-order valence-corrected chi connectivity index (χ4v) is 3.64. The van der Waals surface area contributed by atoms with Gasteiger partial charge in [0.25, 0.3) is 0 Å². The third kappa shape index (κ3) is 4.54. The highest BCUT2D eigenvalue weighted by Crippen LogP contribution is 2.28.